The van der Waals surface area contributed by atoms with Crippen LogP contribution in [0.2, 0.25) is 0 Å². The monoisotopic (exact) mass is 492 g/mol. The number of esters is 1. The Balaban J connectivity index is 1.63. The van der Waals surface area contributed by atoms with Gasteiger partial charge in [0.05, 0.1) is 7.11 Å². The molecule has 0 fully saturated rings. The van der Waals surface area contributed by atoms with Gasteiger partial charge in [0, 0.05) is 5.92 Å². The molecular formula is C25H27F3N2O5. The Morgan fingerprint density at radius 1 is 0.971 bits per heavy atom. The molecule has 0 aromatic heterocycles. The Bertz CT molecular complexity index is 1060. The van der Waals surface area contributed by atoms with Gasteiger partial charge in [-0.3, -0.25) is 4.79 Å². The summed E-state index contributed by atoms with van der Waals surface area (Å²) in [7, 11) is 0.810. The van der Waals surface area contributed by atoms with E-state index in [0.29, 0.717) is 0 Å². The highest BCUT2D eigenvalue weighted by atomic mass is 19.4. The Morgan fingerprint density at radius 2 is 1.51 bits per heavy atom. The van der Waals surface area contributed by atoms with E-state index in [2.05, 4.69) is 10.1 Å². The second-order valence-corrected chi connectivity index (χ2v) is 8.72. The average Bonchev–Trinajstić information content (AvgIpc) is 3.13. The van der Waals surface area contributed by atoms with Gasteiger partial charge in [-0.25, -0.2) is 9.59 Å². The van der Waals surface area contributed by atoms with Crippen molar-refractivity contribution >= 4 is 18.0 Å². The number of hydrogen-bond acceptors (Lipinski definition) is 5. The number of hydrogen-bond donors (Lipinski definition) is 2. The number of nitrogens with one attached hydrogen (secondary N) is 2. The van der Waals surface area contributed by atoms with Crippen LogP contribution in [0.3, 0.4) is 0 Å². The first-order valence-corrected chi connectivity index (χ1v) is 11.0. The van der Waals surface area contributed by atoms with Crippen molar-refractivity contribution in [2.45, 2.75) is 37.9 Å². The van der Waals surface area contributed by atoms with Crippen LogP contribution in [0.1, 0.15) is 37.3 Å². The lowest BCUT2D eigenvalue weighted by molar-refractivity contribution is -0.216. The summed E-state index contributed by atoms with van der Waals surface area (Å²) < 4.78 is 51.1. The lowest BCUT2D eigenvalue weighted by Gasteiger charge is -2.35. The number of carbonyl (C=O) groups is 3. The Kier molecular flexibility index (Phi) is 7.72. The number of alkyl halides is 3. The standard InChI is InChI=1S/C25H27F3N2O5/c1-15(2)12-24(22(32)34-3,25(26,27)28)30-21(31)13-29-23(33)35-14-20-18-10-6-4-8-16(18)17-9-5-7-11-19(17)20/h4-11,15,20H,12-14H2,1-3H3,(H,29,33)(H,30,31)/t24-/m1/s1. The van der Waals surface area contributed by atoms with Crippen LogP contribution in [0.25, 0.3) is 11.1 Å². The molecule has 7 nitrogen and oxygen atoms in total. The number of methoxy groups -OCH3 is 1. The number of ether oxygens (including phenoxy) is 2. The van der Waals surface area contributed by atoms with Crippen molar-refractivity contribution in [2.24, 2.45) is 5.92 Å². The molecule has 1 aliphatic carbocycles. The third kappa shape index (κ3) is 5.41. The summed E-state index contributed by atoms with van der Waals surface area (Å²) in [4.78, 5) is 36.6. The summed E-state index contributed by atoms with van der Waals surface area (Å²) in [6, 6.07) is 15.4. The van der Waals surface area contributed by atoms with Gasteiger partial charge in [-0.15, -0.1) is 0 Å². The maximum Gasteiger partial charge on any atom is 0.422 e. The molecule has 0 aliphatic heterocycles. The summed E-state index contributed by atoms with van der Waals surface area (Å²) in [5.41, 5.74) is 0.818. The van der Waals surface area contributed by atoms with Gasteiger partial charge in [-0.1, -0.05) is 62.4 Å². The van der Waals surface area contributed by atoms with E-state index in [0.717, 1.165) is 29.4 Å². The van der Waals surface area contributed by atoms with E-state index in [4.69, 9.17) is 4.74 Å². The highest BCUT2D eigenvalue weighted by Gasteiger charge is 2.62. The molecule has 2 aromatic rings. The highest BCUT2D eigenvalue weighted by Crippen LogP contribution is 2.44. The quantitative estimate of drug-likeness (QED) is 0.540. The fourth-order valence-corrected chi connectivity index (χ4v) is 4.36. The molecule has 3 rings (SSSR count). The largest absolute Gasteiger partial charge is 0.467 e. The van der Waals surface area contributed by atoms with Gasteiger partial charge in [0.2, 0.25) is 11.4 Å². The molecule has 0 heterocycles. The fraction of sp³-hybridized carbons (Fsp3) is 0.400. The molecule has 10 heteroatoms. The molecule has 0 spiro atoms. The van der Waals surface area contributed by atoms with E-state index in [1.807, 2.05) is 48.5 Å². The third-order valence-electron chi connectivity index (χ3n) is 5.82. The molecule has 188 valence electrons. The number of fused-ring (bicyclic) bond motifs is 3. The third-order valence-corrected chi connectivity index (χ3v) is 5.82. The molecule has 1 aliphatic rings. The van der Waals surface area contributed by atoms with Gasteiger partial charge in [-0.05, 0) is 34.6 Å². The Hall–Kier alpha value is -3.56. The van der Waals surface area contributed by atoms with Crippen molar-refractivity contribution < 1.29 is 37.0 Å². The van der Waals surface area contributed by atoms with E-state index < -0.39 is 48.6 Å². The first kappa shape index (κ1) is 26.1. The van der Waals surface area contributed by atoms with Gasteiger partial charge in [0.1, 0.15) is 13.2 Å². The maximum atomic E-state index is 13.8. The smallest absolute Gasteiger partial charge is 0.422 e. The molecule has 2 N–H and O–H groups in total. The van der Waals surface area contributed by atoms with Crippen LogP contribution in [0.15, 0.2) is 48.5 Å². The minimum Gasteiger partial charge on any atom is -0.467 e. The van der Waals surface area contributed by atoms with E-state index in [1.54, 1.807) is 5.32 Å². The van der Waals surface area contributed by atoms with Crippen molar-refractivity contribution in [1.82, 2.24) is 10.6 Å². The van der Waals surface area contributed by atoms with Crippen LogP contribution in [0.4, 0.5) is 18.0 Å². The van der Waals surface area contributed by atoms with Crippen molar-refractivity contribution in [3.8, 4) is 11.1 Å². The topological polar surface area (TPSA) is 93.7 Å². The number of alkyl carbamates (subject to hydrolysis) is 1. The molecule has 0 saturated carbocycles. The van der Waals surface area contributed by atoms with Crippen LogP contribution in [-0.4, -0.2) is 49.9 Å². The normalized spacial score (nSPS) is 14.5. The fourth-order valence-electron chi connectivity index (χ4n) is 4.36. The summed E-state index contributed by atoms with van der Waals surface area (Å²) in [6.07, 6.45) is -6.80. The van der Waals surface area contributed by atoms with Crippen molar-refractivity contribution in [3.63, 3.8) is 0 Å². The van der Waals surface area contributed by atoms with Gasteiger partial charge in [0.25, 0.3) is 0 Å². The zero-order chi connectivity index (χ0) is 25.8. The summed E-state index contributed by atoms with van der Waals surface area (Å²) in [5, 5.41) is 3.87. The lowest BCUT2D eigenvalue weighted by Crippen LogP contribution is -2.66. The molecule has 0 unspecified atom stereocenters. The zero-order valence-corrected chi connectivity index (χ0v) is 19.6. The van der Waals surface area contributed by atoms with E-state index in [9.17, 15) is 27.6 Å². The molecule has 1 atom stereocenters. The second kappa shape index (κ2) is 10.4. The summed E-state index contributed by atoms with van der Waals surface area (Å²) in [6.45, 7) is 2.11. The first-order chi connectivity index (χ1) is 16.5. The van der Waals surface area contributed by atoms with Crippen molar-refractivity contribution in [3.05, 3.63) is 59.7 Å². The Labute approximate surface area is 201 Å². The van der Waals surface area contributed by atoms with Crippen LogP contribution < -0.4 is 10.6 Å². The highest BCUT2D eigenvalue weighted by molar-refractivity contribution is 5.90. The predicted molar refractivity (Wildman–Crippen MR) is 121 cm³/mol. The minimum absolute atomic E-state index is 0.0243. The average molecular weight is 492 g/mol. The van der Waals surface area contributed by atoms with Gasteiger partial charge >= 0.3 is 18.2 Å². The van der Waals surface area contributed by atoms with Crippen molar-refractivity contribution in [2.75, 3.05) is 20.3 Å². The van der Waals surface area contributed by atoms with Gasteiger partial charge in [-0.2, -0.15) is 13.2 Å². The number of benzene rings is 2. The molecular weight excluding hydrogens is 465 g/mol. The predicted octanol–water partition coefficient (Wildman–Crippen LogP) is 4.16. The number of carbonyl (C=O) groups excluding carboxylic acids is 3. The summed E-state index contributed by atoms with van der Waals surface area (Å²) in [5.74, 6) is -3.65. The molecule has 0 radical (unpaired) electrons. The summed E-state index contributed by atoms with van der Waals surface area (Å²) >= 11 is 0. The maximum absolute atomic E-state index is 13.8. The number of rotatable bonds is 8. The van der Waals surface area contributed by atoms with Crippen LogP contribution in [0.5, 0.6) is 0 Å². The number of amides is 2. The number of halogens is 3. The second-order valence-electron chi connectivity index (χ2n) is 8.72. The van der Waals surface area contributed by atoms with Gasteiger partial charge in [0.15, 0.2) is 0 Å². The van der Waals surface area contributed by atoms with E-state index in [-0.39, 0.29) is 12.5 Å². The van der Waals surface area contributed by atoms with E-state index in [1.165, 1.54) is 13.8 Å². The first-order valence-electron chi connectivity index (χ1n) is 11.0. The van der Waals surface area contributed by atoms with Crippen LogP contribution in [-0.2, 0) is 19.1 Å². The molecule has 2 aromatic carbocycles. The van der Waals surface area contributed by atoms with Crippen LogP contribution >= 0.6 is 0 Å². The molecule has 35 heavy (non-hydrogen) atoms. The van der Waals surface area contributed by atoms with Gasteiger partial charge < -0.3 is 20.1 Å². The molecule has 0 bridgehead atoms. The van der Waals surface area contributed by atoms with Crippen molar-refractivity contribution in [1.29, 1.82) is 0 Å². The molecule has 0 saturated heterocycles. The Morgan fingerprint density at radius 3 is 2.00 bits per heavy atom. The zero-order valence-electron chi connectivity index (χ0n) is 19.6. The molecule has 2 amide bonds. The van der Waals surface area contributed by atoms with Crippen LogP contribution in [0, 0.1) is 5.92 Å². The van der Waals surface area contributed by atoms with E-state index >= 15 is 0 Å². The lowest BCUT2D eigenvalue weighted by atomic mass is 9.87. The minimum atomic E-state index is -5.11. The SMILES string of the molecule is COC(=O)[C@@](CC(C)C)(NC(=O)CNC(=O)OCC1c2ccccc2-c2ccccc21)C(F)(F)F.